The average molecular weight is 245 g/mol. The van der Waals surface area contributed by atoms with Gasteiger partial charge in [-0.3, -0.25) is 0 Å². The summed E-state index contributed by atoms with van der Waals surface area (Å²) in [6.07, 6.45) is 17.3. The molecule has 1 aliphatic heterocycles. The second-order valence-electron chi connectivity index (χ2n) is 6.45. The highest BCUT2D eigenvalue weighted by molar-refractivity contribution is 5.30. The van der Waals surface area contributed by atoms with Crippen molar-refractivity contribution in [1.29, 1.82) is 0 Å². The lowest BCUT2D eigenvalue weighted by Crippen LogP contribution is -2.36. The molecule has 18 heavy (non-hydrogen) atoms. The molecule has 2 aliphatic carbocycles. The summed E-state index contributed by atoms with van der Waals surface area (Å²) in [5.41, 5.74) is 3.62. The molecule has 1 heterocycles. The van der Waals surface area contributed by atoms with Gasteiger partial charge in [-0.05, 0) is 70.9 Å². The van der Waals surface area contributed by atoms with Crippen molar-refractivity contribution in [2.45, 2.75) is 63.8 Å². The number of nitrogens with zero attached hydrogens (tertiary/aromatic N) is 1. The fraction of sp³-hybridized carbons (Fsp3) is 0.765. The predicted molar refractivity (Wildman–Crippen MR) is 77.6 cm³/mol. The summed E-state index contributed by atoms with van der Waals surface area (Å²) in [6, 6.07) is 0.877. The topological polar surface area (TPSA) is 3.24 Å². The standard InChI is InChI=1S/C17H27N/c1-18-13-5-4-7-16(18)12-11-15-10-9-14-6-2-3-8-17(14)15/h2-3,15-16H,4-13H2,1H3. The smallest absolute Gasteiger partial charge is 0.00924 e. The Morgan fingerprint density at radius 1 is 1.11 bits per heavy atom. The molecular formula is C17H27N. The zero-order valence-corrected chi connectivity index (χ0v) is 11.8. The van der Waals surface area contributed by atoms with Crippen molar-refractivity contribution >= 4 is 0 Å². The molecule has 1 fully saturated rings. The Hall–Kier alpha value is -0.560. The molecule has 1 saturated heterocycles. The van der Waals surface area contributed by atoms with Gasteiger partial charge in [0.15, 0.2) is 0 Å². The van der Waals surface area contributed by atoms with Crippen molar-refractivity contribution in [2.24, 2.45) is 5.92 Å². The van der Waals surface area contributed by atoms with Gasteiger partial charge in [0.1, 0.15) is 0 Å². The van der Waals surface area contributed by atoms with E-state index in [1.807, 2.05) is 5.57 Å². The summed E-state index contributed by atoms with van der Waals surface area (Å²) in [7, 11) is 2.33. The molecule has 0 aromatic heterocycles. The summed E-state index contributed by atoms with van der Waals surface area (Å²) in [4.78, 5) is 2.61. The van der Waals surface area contributed by atoms with Crippen LogP contribution in [0.2, 0.25) is 0 Å². The van der Waals surface area contributed by atoms with Crippen LogP contribution in [0.25, 0.3) is 0 Å². The molecule has 0 spiro atoms. The molecule has 0 aromatic rings. The lowest BCUT2D eigenvalue weighted by atomic mass is 9.87. The first-order valence-corrected chi connectivity index (χ1v) is 7.90. The van der Waals surface area contributed by atoms with Gasteiger partial charge in [0.05, 0.1) is 0 Å². The van der Waals surface area contributed by atoms with E-state index >= 15 is 0 Å². The van der Waals surface area contributed by atoms with Gasteiger partial charge in [0.2, 0.25) is 0 Å². The van der Waals surface area contributed by atoms with Crippen LogP contribution in [0.15, 0.2) is 23.3 Å². The van der Waals surface area contributed by atoms with Crippen molar-refractivity contribution in [3.05, 3.63) is 23.3 Å². The molecule has 2 unspecified atom stereocenters. The first-order valence-electron chi connectivity index (χ1n) is 7.90. The normalized spacial score (nSPS) is 32.9. The Morgan fingerprint density at radius 3 is 2.89 bits per heavy atom. The zero-order valence-electron chi connectivity index (χ0n) is 11.8. The van der Waals surface area contributed by atoms with Gasteiger partial charge >= 0.3 is 0 Å². The summed E-state index contributed by atoms with van der Waals surface area (Å²) in [6.45, 7) is 1.33. The van der Waals surface area contributed by atoms with Crippen LogP contribution >= 0.6 is 0 Å². The molecule has 100 valence electrons. The number of hydrogen-bond acceptors (Lipinski definition) is 1. The van der Waals surface area contributed by atoms with Crippen LogP contribution < -0.4 is 0 Å². The molecule has 2 atom stereocenters. The number of likely N-dealkylation sites (tertiary alicyclic amines) is 1. The van der Waals surface area contributed by atoms with E-state index in [0.29, 0.717) is 0 Å². The largest absolute Gasteiger partial charge is 0.303 e. The van der Waals surface area contributed by atoms with Crippen LogP contribution in [-0.4, -0.2) is 24.5 Å². The van der Waals surface area contributed by atoms with Crippen LogP contribution in [-0.2, 0) is 0 Å². The number of piperidine rings is 1. The van der Waals surface area contributed by atoms with E-state index in [1.54, 1.807) is 5.57 Å². The Balaban J connectivity index is 1.53. The van der Waals surface area contributed by atoms with E-state index in [-0.39, 0.29) is 0 Å². The molecule has 3 aliphatic rings. The van der Waals surface area contributed by atoms with Crippen LogP contribution in [0.3, 0.4) is 0 Å². The summed E-state index contributed by atoms with van der Waals surface area (Å²) < 4.78 is 0. The van der Waals surface area contributed by atoms with Crippen LogP contribution in [0, 0.1) is 5.92 Å². The van der Waals surface area contributed by atoms with Gasteiger partial charge in [0.25, 0.3) is 0 Å². The second kappa shape index (κ2) is 5.61. The highest BCUT2D eigenvalue weighted by Gasteiger charge is 2.27. The van der Waals surface area contributed by atoms with Gasteiger partial charge in [0, 0.05) is 6.04 Å². The van der Waals surface area contributed by atoms with Crippen LogP contribution in [0.1, 0.15) is 57.8 Å². The molecule has 0 radical (unpaired) electrons. The van der Waals surface area contributed by atoms with E-state index < -0.39 is 0 Å². The minimum Gasteiger partial charge on any atom is -0.303 e. The average Bonchev–Trinajstić information content (AvgIpc) is 2.81. The minimum atomic E-state index is 0.877. The van der Waals surface area contributed by atoms with E-state index in [0.717, 1.165) is 12.0 Å². The third-order valence-electron chi connectivity index (χ3n) is 5.38. The van der Waals surface area contributed by atoms with E-state index in [4.69, 9.17) is 0 Å². The lowest BCUT2D eigenvalue weighted by molar-refractivity contribution is 0.169. The molecule has 0 aromatic carbocycles. The summed E-state index contributed by atoms with van der Waals surface area (Å²) in [5.74, 6) is 0.931. The number of rotatable bonds is 3. The molecular weight excluding hydrogens is 218 g/mol. The Kier molecular flexibility index (Phi) is 3.88. The van der Waals surface area contributed by atoms with Gasteiger partial charge in [-0.15, -0.1) is 0 Å². The van der Waals surface area contributed by atoms with Crippen LogP contribution in [0.5, 0.6) is 0 Å². The predicted octanol–water partition coefficient (Wildman–Crippen LogP) is 4.31. The maximum atomic E-state index is 2.61. The molecule has 3 rings (SSSR count). The van der Waals surface area contributed by atoms with E-state index in [1.165, 1.54) is 64.3 Å². The van der Waals surface area contributed by atoms with E-state index in [9.17, 15) is 0 Å². The van der Waals surface area contributed by atoms with Crippen molar-refractivity contribution in [1.82, 2.24) is 4.90 Å². The van der Waals surface area contributed by atoms with Crippen LogP contribution in [0.4, 0.5) is 0 Å². The monoisotopic (exact) mass is 245 g/mol. The van der Waals surface area contributed by atoms with Gasteiger partial charge < -0.3 is 4.90 Å². The van der Waals surface area contributed by atoms with Crippen molar-refractivity contribution in [2.75, 3.05) is 13.6 Å². The maximum Gasteiger partial charge on any atom is 0.00924 e. The summed E-state index contributed by atoms with van der Waals surface area (Å²) >= 11 is 0. The molecule has 0 N–H and O–H groups in total. The lowest BCUT2D eigenvalue weighted by Gasteiger charge is -2.33. The molecule has 0 amide bonds. The van der Waals surface area contributed by atoms with Crippen molar-refractivity contribution in [3.8, 4) is 0 Å². The molecule has 1 nitrogen and oxygen atoms in total. The van der Waals surface area contributed by atoms with E-state index in [2.05, 4.69) is 24.1 Å². The molecule has 1 heteroatoms. The fourth-order valence-electron chi connectivity index (χ4n) is 4.17. The summed E-state index contributed by atoms with van der Waals surface area (Å²) in [5, 5.41) is 0. The maximum absolute atomic E-state index is 2.61. The third-order valence-corrected chi connectivity index (χ3v) is 5.38. The highest BCUT2D eigenvalue weighted by Crippen LogP contribution is 2.41. The van der Waals surface area contributed by atoms with Gasteiger partial charge in [-0.1, -0.05) is 29.7 Å². The Morgan fingerprint density at radius 2 is 2.00 bits per heavy atom. The first-order chi connectivity index (χ1) is 8.84. The first kappa shape index (κ1) is 12.5. The highest BCUT2D eigenvalue weighted by atomic mass is 15.1. The Bertz CT molecular complexity index is 353. The minimum absolute atomic E-state index is 0.877. The van der Waals surface area contributed by atoms with Crippen molar-refractivity contribution in [3.63, 3.8) is 0 Å². The van der Waals surface area contributed by atoms with Gasteiger partial charge in [-0.25, -0.2) is 0 Å². The number of hydrogen-bond donors (Lipinski definition) is 0. The fourth-order valence-corrected chi connectivity index (χ4v) is 4.17. The Labute approximate surface area is 112 Å². The number of allylic oxidation sites excluding steroid dienone is 4. The van der Waals surface area contributed by atoms with Crippen molar-refractivity contribution < 1.29 is 0 Å². The van der Waals surface area contributed by atoms with Gasteiger partial charge in [-0.2, -0.15) is 0 Å². The second-order valence-corrected chi connectivity index (χ2v) is 6.45. The SMILES string of the molecule is CN1CCCCC1CCC1CCC2=C1CC=CC2. The quantitative estimate of drug-likeness (QED) is 0.670. The third kappa shape index (κ3) is 2.56. The zero-order chi connectivity index (χ0) is 12.4. The molecule has 0 saturated carbocycles. The molecule has 0 bridgehead atoms.